The summed E-state index contributed by atoms with van der Waals surface area (Å²) < 4.78 is 14.9. The van der Waals surface area contributed by atoms with Gasteiger partial charge in [0.2, 0.25) is 0 Å². The Kier molecular flexibility index (Phi) is 3.25. The summed E-state index contributed by atoms with van der Waals surface area (Å²) in [5, 5.41) is 0.790. The maximum atomic E-state index is 14.1. The zero-order valence-corrected chi connectivity index (χ0v) is 12.0. The Balaban J connectivity index is 2.32. The van der Waals surface area contributed by atoms with Crippen LogP contribution in [0, 0.1) is 5.82 Å². The van der Waals surface area contributed by atoms with Crippen molar-refractivity contribution in [3.63, 3.8) is 0 Å². The first-order chi connectivity index (χ1) is 9.16. The van der Waals surface area contributed by atoms with Crippen molar-refractivity contribution in [2.24, 2.45) is 0 Å². The molecule has 94 valence electrons. The molecule has 2 aromatic carbocycles. The largest absolute Gasteiger partial charge is 0.245 e. The molecule has 0 bridgehead atoms. The fourth-order valence-electron chi connectivity index (χ4n) is 1.95. The lowest BCUT2D eigenvalue weighted by molar-refractivity contribution is 0.637. The molecular weight excluding hydrogens is 329 g/mol. The smallest absolute Gasteiger partial charge is 0.168 e. The molecule has 0 amide bonds. The number of hydrogen-bond donors (Lipinski definition) is 0. The zero-order valence-electron chi connectivity index (χ0n) is 9.70. The quantitative estimate of drug-likeness (QED) is 0.575. The van der Waals surface area contributed by atoms with Gasteiger partial charge in [0, 0.05) is 15.4 Å². The second-order valence-electron chi connectivity index (χ2n) is 4.11. The van der Waals surface area contributed by atoms with Crippen molar-refractivity contribution in [2.45, 2.75) is 0 Å². The number of aromatic nitrogens is 1. The first kappa shape index (κ1) is 12.6. The number of halogens is 3. The second-order valence-corrected chi connectivity index (χ2v) is 5.37. The minimum Gasteiger partial charge on any atom is -0.245 e. The van der Waals surface area contributed by atoms with Gasteiger partial charge in [-0.1, -0.05) is 57.9 Å². The molecule has 4 heteroatoms. The van der Waals surface area contributed by atoms with Crippen LogP contribution in [0.2, 0.25) is 5.02 Å². The highest BCUT2D eigenvalue weighted by molar-refractivity contribution is 9.10. The summed E-state index contributed by atoms with van der Waals surface area (Å²) in [6.45, 7) is 0. The second kappa shape index (κ2) is 4.91. The van der Waals surface area contributed by atoms with E-state index in [1.165, 1.54) is 6.07 Å². The van der Waals surface area contributed by atoms with Crippen LogP contribution in [0.5, 0.6) is 0 Å². The number of rotatable bonds is 1. The standard InChI is InChI=1S/C15H8BrClFN/c16-11-8-13(9-4-2-1-3-5-9)19-15-10(11)6-7-12(17)14(15)18/h1-8H. The van der Waals surface area contributed by atoms with Gasteiger partial charge in [0.1, 0.15) is 5.52 Å². The van der Waals surface area contributed by atoms with Crippen molar-refractivity contribution in [3.05, 3.63) is 63.8 Å². The number of hydrogen-bond acceptors (Lipinski definition) is 1. The van der Waals surface area contributed by atoms with Crippen molar-refractivity contribution in [2.75, 3.05) is 0 Å². The Labute approximate surface area is 123 Å². The minimum atomic E-state index is -0.488. The van der Waals surface area contributed by atoms with E-state index in [0.29, 0.717) is 11.1 Å². The number of benzene rings is 2. The maximum Gasteiger partial charge on any atom is 0.168 e. The van der Waals surface area contributed by atoms with Crippen LogP contribution in [0.25, 0.3) is 22.2 Å². The molecule has 0 atom stereocenters. The highest BCUT2D eigenvalue weighted by Crippen LogP contribution is 2.32. The average Bonchev–Trinajstić information content (AvgIpc) is 2.44. The van der Waals surface area contributed by atoms with E-state index >= 15 is 0 Å². The SMILES string of the molecule is Fc1c(Cl)ccc2c(Br)cc(-c3ccccc3)nc12. The van der Waals surface area contributed by atoms with Gasteiger partial charge in [-0.25, -0.2) is 9.37 Å². The third-order valence-electron chi connectivity index (χ3n) is 2.89. The fraction of sp³-hybridized carbons (Fsp3) is 0. The van der Waals surface area contributed by atoms with E-state index in [1.807, 2.05) is 36.4 Å². The fourth-order valence-corrected chi connectivity index (χ4v) is 2.64. The molecule has 1 aromatic heterocycles. The van der Waals surface area contributed by atoms with E-state index in [9.17, 15) is 4.39 Å². The Hall–Kier alpha value is -1.45. The minimum absolute atomic E-state index is 0.0807. The maximum absolute atomic E-state index is 14.1. The molecule has 0 unspecified atom stereocenters. The van der Waals surface area contributed by atoms with Crippen LogP contribution in [0.15, 0.2) is 53.0 Å². The molecule has 1 nitrogen and oxygen atoms in total. The van der Waals surface area contributed by atoms with Gasteiger partial charge in [-0.15, -0.1) is 0 Å². The first-order valence-corrected chi connectivity index (χ1v) is 6.83. The number of nitrogens with zero attached hydrogens (tertiary/aromatic N) is 1. The number of fused-ring (bicyclic) bond motifs is 1. The predicted molar refractivity (Wildman–Crippen MR) is 79.8 cm³/mol. The predicted octanol–water partition coefficient (Wildman–Crippen LogP) is 5.46. The van der Waals surface area contributed by atoms with E-state index in [0.717, 1.165) is 10.0 Å². The lowest BCUT2D eigenvalue weighted by atomic mass is 10.1. The van der Waals surface area contributed by atoms with Crippen LogP contribution in [0.1, 0.15) is 0 Å². The molecule has 0 radical (unpaired) electrons. The average molecular weight is 337 g/mol. The van der Waals surface area contributed by atoms with Gasteiger partial charge >= 0.3 is 0 Å². The normalized spacial score (nSPS) is 10.9. The van der Waals surface area contributed by atoms with Crippen LogP contribution in [0.3, 0.4) is 0 Å². The summed E-state index contributed by atoms with van der Waals surface area (Å²) >= 11 is 9.26. The molecule has 0 aliphatic rings. The Bertz CT molecular complexity index is 759. The molecule has 3 aromatic rings. The van der Waals surface area contributed by atoms with Crippen molar-refractivity contribution < 1.29 is 4.39 Å². The monoisotopic (exact) mass is 335 g/mol. The van der Waals surface area contributed by atoms with Crippen molar-refractivity contribution in [1.82, 2.24) is 4.98 Å². The highest BCUT2D eigenvalue weighted by Gasteiger charge is 2.12. The summed E-state index contributed by atoms with van der Waals surface area (Å²) in [6.07, 6.45) is 0. The van der Waals surface area contributed by atoms with Gasteiger partial charge in [0.15, 0.2) is 5.82 Å². The van der Waals surface area contributed by atoms with Crippen LogP contribution >= 0.6 is 27.5 Å². The summed E-state index contributed by atoms with van der Waals surface area (Å²) in [5.41, 5.74) is 1.92. The molecule has 0 N–H and O–H groups in total. The Morgan fingerprint density at radius 1 is 1.05 bits per heavy atom. The van der Waals surface area contributed by atoms with Crippen molar-refractivity contribution in [1.29, 1.82) is 0 Å². The summed E-state index contributed by atoms with van der Waals surface area (Å²) in [7, 11) is 0. The molecule has 19 heavy (non-hydrogen) atoms. The topological polar surface area (TPSA) is 12.9 Å². The summed E-state index contributed by atoms with van der Waals surface area (Å²) in [4.78, 5) is 4.38. The van der Waals surface area contributed by atoms with E-state index in [-0.39, 0.29) is 10.5 Å². The van der Waals surface area contributed by atoms with E-state index in [4.69, 9.17) is 11.6 Å². The van der Waals surface area contributed by atoms with E-state index in [2.05, 4.69) is 20.9 Å². The lowest BCUT2D eigenvalue weighted by Crippen LogP contribution is -1.90. The van der Waals surface area contributed by atoms with Crippen LogP contribution in [-0.4, -0.2) is 4.98 Å². The summed E-state index contributed by atoms with van der Waals surface area (Å²) in [6, 6.07) is 14.8. The molecule has 0 saturated carbocycles. The van der Waals surface area contributed by atoms with Gasteiger partial charge in [0.05, 0.1) is 10.7 Å². The molecule has 3 rings (SSSR count). The number of pyridine rings is 1. The Morgan fingerprint density at radius 3 is 2.53 bits per heavy atom. The third-order valence-corrected chi connectivity index (χ3v) is 3.84. The Morgan fingerprint density at radius 2 is 1.79 bits per heavy atom. The van der Waals surface area contributed by atoms with Gasteiger partial charge in [-0.3, -0.25) is 0 Å². The molecule has 0 spiro atoms. The van der Waals surface area contributed by atoms with Crippen molar-refractivity contribution in [3.8, 4) is 11.3 Å². The highest BCUT2D eigenvalue weighted by atomic mass is 79.9. The van der Waals surface area contributed by atoms with Gasteiger partial charge in [-0.2, -0.15) is 0 Å². The lowest BCUT2D eigenvalue weighted by Gasteiger charge is -2.07. The van der Waals surface area contributed by atoms with Gasteiger partial charge in [0.25, 0.3) is 0 Å². The van der Waals surface area contributed by atoms with Crippen molar-refractivity contribution >= 4 is 38.4 Å². The molecule has 1 heterocycles. The van der Waals surface area contributed by atoms with Crippen LogP contribution < -0.4 is 0 Å². The molecule has 0 aliphatic carbocycles. The van der Waals surface area contributed by atoms with Crippen LogP contribution in [0.4, 0.5) is 4.39 Å². The zero-order chi connectivity index (χ0) is 13.4. The van der Waals surface area contributed by atoms with Gasteiger partial charge < -0.3 is 0 Å². The summed E-state index contributed by atoms with van der Waals surface area (Å²) in [5.74, 6) is -0.488. The van der Waals surface area contributed by atoms with E-state index < -0.39 is 5.82 Å². The first-order valence-electron chi connectivity index (χ1n) is 5.66. The van der Waals surface area contributed by atoms with Gasteiger partial charge in [-0.05, 0) is 18.2 Å². The van der Waals surface area contributed by atoms with Crippen LogP contribution in [-0.2, 0) is 0 Å². The molecular formula is C15H8BrClFN. The van der Waals surface area contributed by atoms with E-state index in [1.54, 1.807) is 6.07 Å². The molecule has 0 aliphatic heterocycles. The molecule has 0 saturated heterocycles. The third kappa shape index (κ3) is 2.24. The molecule has 0 fully saturated rings.